The summed E-state index contributed by atoms with van der Waals surface area (Å²) in [5.74, 6) is 6.48. The molecule has 3 heterocycles. The summed E-state index contributed by atoms with van der Waals surface area (Å²) in [5, 5.41) is 0. The van der Waals surface area contributed by atoms with Gasteiger partial charge >= 0.3 is 5.97 Å². The van der Waals surface area contributed by atoms with Crippen LogP contribution in [0.5, 0.6) is 0 Å². The Balaban J connectivity index is 1.80. The van der Waals surface area contributed by atoms with Crippen LogP contribution < -0.4 is 0 Å². The van der Waals surface area contributed by atoms with Crippen LogP contribution in [0.2, 0.25) is 0 Å². The van der Waals surface area contributed by atoms with Crippen molar-refractivity contribution in [2.45, 2.75) is 64.1 Å². The number of nitrogens with zero attached hydrogens (tertiary/aromatic N) is 1. The maximum Gasteiger partial charge on any atom is 0.332 e. The van der Waals surface area contributed by atoms with Gasteiger partial charge in [-0.1, -0.05) is 24.3 Å². The summed E-state index contributed by atoms with van der Waals surface area (Å²) >= 11 is 0. The first-order valence-corrected chi connectivity index (χ1v) is 8.35. The third kappa shape index (κ3) is 1.97. The van der Waals surface area contributed by atoms with Crippen LogP contribution in [0.4, 0.5) is 0 Å². The highest BCUT2D eigenvalue weighted by molar-refractivity contribution is 5.90. The number of hydrogen-bond donors (Lipinski definition) is 0. The molecule has 1 spiro atoms. The van der Waals surface area contributed by atoms with Crippen LogP contribution in [0.3, 0.4) is 0 Å². The molecule has 0 aromatic rings. The second-order valence-electron chi connectivity index (χ2n) is 7.97. The lowest BCUT2D eigenvalue weighted by atomic mass is 9.76. The lowest BCUT2D eigenvalue weighted by molar-refractivity contribution is -0.148. The van der Waals surface area contributed by atoms with Crippen LogP contribution in [0.15, 0.2) is 23.3 Å². The van der Waals surface area contributed by atoms with Crippen molar-refractivity contribution in [3.05, 3.63) is 23.3 Å². The Kier molecular flexibility index (Phi) is 2.87. The van der Waals surface area contributed by atoms with Crippen molar-refractivity contribution in [2.75, 3.05) is 6.54 Å². The third-order valence-corrected chi connectivity index (χ3v) is 5.24. The minimum absolute atomic E-state index is 0.0401. The molecule has 3 atom stereocenters. The lowest BCUT2D eigenvalue weighted by Gasteiger charge is -2.38. The van der Waals surface area contributed by atoms with E-state index in [2.05, 4.69) is 43.6 Å². The van der Waals surface area contributed by atoms with Gasteiger partial charge in [0.05, 0.1) is 6.04 Å². The second kappa shape index (κ2) is 4.49. The smallest absolute Gasteiger partial charge is 0.332 e. The van der Waals surface area contributed by atoms with E-state index in [1.54, 1.807) is 6.08 Å². The zero-order valence-electron chi connectivity index (χ0n) is 13.6. The predicted octanol–water partition coefficient (Wildman–Crippen LogP) is 2.82. The number of fused-ring (bicyclic) bond motifs is 3. The number of carbonyl (C=O) groups is 1. The van der Waals surface area contributed by atoms with Gasteiger partial charge in [-0.2, -0.15) is 0 Å². The summed E-state index contributed by atoms with van der Waals surface area (Å²) in [4.78, 5) is 14.6. The van der Waals surface area contributed by atoms with Gasteiger partial charge in [0.1, 0.15) is 0 Å². The Morgan fingerprint density at radius 3 is 2.95 bits per heavy atom. The number of hydrogen-bond acceptors (Lipinski definition) is 3. The Morgan fingerprint density at radius 1 is 1.36 bits per heavy atom. The SMILES string of the molecule is CC(C)(C)C#CC1=C[C@@H]2C[C@@]3(OC(=O)C=C13)[C@H]1CCCCN21. The minimum atomic E-state index is -0.418. The molecule has 2 saturated heterocycles. The van der Waals surface area contributed by atoms with E-state index in [4.69, 9.17) is 4.74 Å². The summed E-state index contributed by atoms with van der Waals surface area (Å²) in [7, 11) is 0. The molecule has 0 aromatic heterocycles. The summed E-state index contributed by atoms with van der Waals surface area (Å²) < 4.78 is 5.89. The van der Waals surface area contributed by atoms with Gasteiger partial charge in [-0.05, 0) is 40.2 Å². The van der Waals surface area contributed by atoms with Gasteiger partial charge in [-0.3, -0.25) is 4.90 Å². The Hall–Kier alpha value is -1.53. The topological polar surface area (TPSA) is 29.5 Å². The van der Waals surface area contributed by atoms with Crippen molar-refractivity contribution in [3.63, 3.8) is 0 Å². The van der Waals surface area contributed by atoms with E-state index >= 15 is 0 Å². The molecule has 0 saturated carbocycles. The Morgan fingerprint density at radius 2 is 2.18 bits per heavy atom. The molecular weight excluding hydrogens is 274 g/mol. The van der Waals surface area contributed by atoms with Gasteiger partial charge in [-0.15, -0.1) is 0 Å². The number of piperidine rings is 1. The quantitative estimate of drug-likeness (QED) is 0.509. The van der Waals surface area contributed by atoms with Gasteiger partial charge in [0.2, 0.25) is 0 Å². The fraction of sp³-hybridized carbons (Fsp3) is 0.632. The first-order valence-electron chi connectivity index (χ1n) is 8.35. The summed E-state index contributed by atoms with van der Waals surface area (Å²) in [6, 6.07) is 0.715. The van der Waals surface area contributed by atoms with Crippen molar-refractivity contribution in [3.8, 4) is 11.8 Å². The summed E-state index contributed by atoms with van der Waals surface area (Å²) in [5.41, 5.74) is 1.60. The van der Waals surface area contributed by atoms with E-state index < -0.39 is 5.60 Å². The molecule has 0 N–H and O–H groups in total. The zero-order chi connectivity index (χ0) is 15.5. The first-order chi connectivity index (χ1) is 10.4. The van der Waals surface area contributed by atoms with E-state index in [1.807, 2.05) is 0 Å². The monoisotopic (exact) mass is 297 g/mol. The van der Waals surface area contributed by atoms with Crippen molar-refractivity contribution >= 4 is 5.97 Å². The number of esters is 1. The van der Waals surface area contributed by atoms with Crippen molar-refractivity contribution in [1.29, 1.82) is 0 Å². The standard InChI is InChI=1S/C19H23NO2/c1-18(2,3)8-7-13-10-14-12-19(15(13)11-17(21)22-19)16-6-4-5-9-20(14)16/h10-11,14,16H,4-6,9,12H2,1-3H3/t14-,16-,19+/m1/s1. The van der Waals surface area contributed by atoms with Crippen LogP contribution in [0.1, 0.15) is 46.5 Å². The largest absolute Gasteiger partial charge is 0.449 e. The van der Waals surface area contributed by atoms with E-state index in [9.17, 15) is 4.79 Å². The van der Waals surface area contributed by atoms with Gasteiger partial charge < -0.3 is 4.74 Å². The number of carbonyl (C=O) groups excluding carboxylic acids is 1. The molecule has 4 aliphatic rings. The fourth-order valence-electron chi connectivity index (χ4n) is 4.43. The average molecular weight is 297 g/mol. The number of rotatable bonds is 0. The van der Waals surface area contributed by atoms with Gasteiger partial charge in [-0.25, -0.2) is 4.79 Å². The van der Waals surface area contributed by atoms with Crippen LogP contribution >= 0.6 is 0 Å². The van der Waals surface area contributed by atoms with Gasteiger partial charge in [0.15, 0.2) is 5.60 Å². The van der Waals surface area contributed by atoms with E-state index in [1.165, 1.54) is 12.8 Å². The van der Waals surface area contributed by atoms with Crippen LogP contribution in [-0.4, -0.2) is 35.1 Å². The normalized spacial score (nSPS) is 36.6. The lowest BCUT2D eigenvalue weighted by Crippen LogP contribution is -2.48. The van der Waals surface area contributed by atoms with E-state index in [-0.39, 0.29) is 11.4 Å². The third-order valence-electron chi connectivity index (χ3n) is 5.24. The highest BCUT2D eigenvalue weighted by atomic mass is 16.6. The van der Waals surface area contributed by atoms with Crippen molar-refractivity contribution in [2.24, 2.45) is 5.41 Å². The van der Waals surface area contributed by atoms with Gasteiger partial charge in [0, 0.05) is 35.1 Å². The minimum Gasteiger partial charge on any atom is -0.449 e. The van der Waals surface area contributed by atoms with Crippen LogP contribution in [-0.2, 0) is 9.53 Å². The van der Waals surface area contributed by atoms with E-state index in [0.717, 1.165) is 30.5 Å². The Labute approximate surface area is 132 Å². The summed E-state index contributed by atoms with van der Waals surface area (Å²) in [6.45, 7) is 7.45. The second-order valence-corrected chi connectivity index (χ2v) is 7.97. The molecule has 0 unspecified atom stereocenters. The molecule has 22 heavy (non-hydrogen) atoms. The number of ether oxygens (including phenoxy) is 1. The maximum absolute atomic E-state index is 12.0. The first kappa shape index (κ1) is 14.1. The molecule has 0 radical (unpaired) electrons. The van der Waals surface area contributed by atoms with Gasteiger partial charge in [0.25, 0.3) is 0 Å². The highest BCUT2D eigenvalue weighted by Crippen LogP contribution is 2.53. The summed E-state index contributed by atoms with van der Waals surface area (Å²) in [6.07, 6.45) is 8.47. The zero-order valence-corrected chi connectivity index (χ0v) is 13.6. The molecular formula is C19H23NO2. The van der Waals surface area contributed by atoms with Crippen molar-refractivity contribution in [1.82, 2.24) is 4.90 Å². The molecule has 3 heteroatoms. The highest BCUT2D eigenvalue weighted by Gasteiger charge is 2.61. The molecule has 0 amide bonds. The van der Waals surface area contributed by atoms with Crippen molar-refractivity contribution < 1.29 is 9.53 Å². The average Bonchev–Trinajstić information content (AvgIpc) is 2.92. The van der Waals surface area contributed by atoms with Crippen LogP contribution in [0.25, 0.3) is 0 Å². The molecule has 116 valence electrons. The molecule has 2 fully saturated rings. The fourth-order valence-corrected chi connectivity index (χ4v) is 4.43. The molecule has 1 aliphatic carbocycles. The van der Waals surface area contributed by atoms with E-state index in [0.29, 0.717) is 12.1 Å². The molecule has 4 rings (SSSR count). The molecule has 3 aliphatic heterocycles. The maximum atomic E-state index is 12.0. The molecule has 2 bridgehead atoms. The predicted molar refractivity (Wildman–Crippen MR) is 85.0 cm³/mol. The molecule has 0 aromatic carbocycles. The Bertz CT molecular complexity index is 655. The van der Waals surface area contributed by atoms with Crippen LogP contribution in [0, 0.1) is 17.3 Å². The molecule has 3 nitrogen and oxygen atoms in total.